The summed E-state index contributed by atoms with van der Waals surface area (Å²) in [4.78, 5) is 43.1. The smallest absolute Gasteiger partial charge is 0.339 e. The first-order valence-corrected chi connectivity index (χ1v) is 11.7. The van der Waals surface area contributed by atoms with Gasteiger partial charge in [-0.15, -0.1) is 0 Å². The van der Waals surface area contributed by atoms with E-state index in [1.165, 1.54) is 13.0 Å². The Morgan fingerprint density at radius 2 is 1.86 bits per heavy atom. The van der Waals surface area contributed by atoms with Crippen LogP contribution in [0.2, 0.25) is 0 Å². The summed E-state index contributed by atoms with van der Waals surface area (Å²) in [5.74, 6) is -0.421. The summed E-state index contributed by atoms with van der Waals surface area (Å²) in [6.45, 7) is 4.93. The highest BCUT2D eigenvalue weighted by Gasteiger charge is 2.31. The second kappa shape index (κ2) is 8.73. The predicted octanol–water partition coefficient (Wildman–Crippen LogP) is 4.83. The van der Waals surface area contributed by atoms with E-state index in [2.05, 4.69) is 4.98 Å². The van der Waals surface area contributed by atoms with Crippen molar-refractivity contribution in [2.45, 2.75) is 52.5 Å². The molecular weight excluding hydrogens is 447 g/mol. The highest BCUT2D eigenvalue weighted by molar-refractivity contribution is 5.94. The van der Waals surface area contributed by atoms with E-state index in [4.69, 9.17) is 4.42 Å². The van der Waals surface area contributed by atoms with Crippen LogP contribution in [-0.4, -0.2) is 15.3 Å². The molecule has 0 atom stereocenters. The van der Waals surface area contributed by atoms with Crippen molar-refractivity contribution < 1.29 is 13.6 Å². The number of carbonyl (C=O) groups is 1. The standard InChI is InChI=1S/C28H25FN2O4/c1-15(32)13-19-8-6-10-23(30-19)24-17(3)31(20-11-12-20)27(33)25-21(16(2)28(34)35-26(24)25)14-18-7-4-5-9-22(18)29/h4-10,20H,11-14H2,1-3H3. The molecule has 1 aromatic carbocycles. The molecule has 0 amide bonds. The van der Waals surface area contributed by atoms with Crippen LogP contribution < -0.4 is 11.2 Å². The fourth-order valence-electron chi connectivity index (χ4n) is 4.73. The zero-order chi connectivity index (χ0) is 24.9. The molecule has 7 heteroatoms. The fourth-order valence-corrected chi connectivity index (χ4v) is 4.73. The van der Waals surface area contributed by atoms with E-state index in [0.717, 1.165) is 12.8 Å². The number of halogens is 1. The zero-order valence-electron chi connectivity index (χ0n) is 19.9. The molecule has 0 bridgehead atoms. The summed E-state index contributed by atoms with van der Waals surface area (Å²) < 4.78 is 22.1. The summed E-state index contributed by atoms with van der Waals surface area (Å²) in [6.07, 6.45) is 2.01. The van der Waals surface area contributed by atoms with E-state index >= 15 is 0 Å². The van der Waals surface area contributed by atoms with Crippen LogP contribution in [0.3, 0.4) is 0 Å². The normalized spacial score (nSPS) is 13.4. The minimum atomic E-state index is -0.576. The number of rotatable bonds is 6. The van der Waals surface area contributed by atoms with Gasteiger partial charge in [0.1, 0.15) is 11.6 Å². The lowest BCUT2D eigenvalue weighted by molar-refractivity contribution is -0.116. The van der Waals surface area contributed by atoms with Gasteiger partial charge in [-0.2, -0.15) is 0 Å². The third kappa shape index (κ3) is 4.11. The maximum atomic E-state index is 14.6. The van der Waals surface area contributed by atoms with Crippen LogP contribution in [-0.2, 0) is 17.6 Å². The number of aromatic nitrogens is 2. The molecule has 1 fully saturated rings. The van der Waals surface area contributed by atoms with Gasteiger partial charge in [-0.05, 0) is 62.9 Å². The summed E-state index contributed by atoms with van der Waals surface area (Å²) in [5.41, 5.74) is 2.77. The van der Waals surface area contributed by atoms with Gasteiger partial charge in [0.15, 0.2) is 5.58 Å². The first-order chi connectivity index (χ1) is 16.8. The van der Waals surface area contributed by atoms with Crippen LogP contribution in [0.1, 0.15) is 53.9 Å². The lowest BCUT2D eigenvalue weighted by Gasteiger charge is -2.18. The Bertz CT molecular complexity index is 1610. The van der Waals surface area contributed by atoms with Crippen LogP contribution >= 0.6 is 0 Å². The molecule has 3 heterocycles. The molecule has 3 aromatic heterocycles. The number of ketones is 1. The Hall–Kier alpha value is -3.87. The highest BCUT2D eigenvalue weighted by atomic mass is 19.1. The lowest BCUT2D eigenvalue weighted by atomic mass is 9.95. The number of nitrogens with zero attached hydrogens (tertiary/aromatic N) is 2. The Balaban J connectivity index is 1.86. The molecule has 0 aliphatic heterocycles. The van der Waals surface area contributed by atoms with Gasteiger partial charge < -0.3 is 8.98 Å². The maximum absolute atomic E-state index is 14.6. The second-order valence-electron chi connectivity index (χ2n) is 9.23. The first-order valence-electron chi connectivity index (χ1n) is 11.7. The predicted molar refractivity (Wildman–Crippen MR) is 131 cm³/mol. The minimum Gasteiger partial charge on any atom is -0.422 e. The largest absolute Gasteiger partial charge is 0.422 e. The van der Waals surface area contributed by atoms with Crippen LogP contribution in [0.5, 0.6) is 0 Å². The third-order valence-electron chi connectivity index (χ3n) is 6.60. The van der Waals surface area contributed by atoms with Crippen molar-refractivity contribution >= 4 is 16.8 Å². The molecule has 0 radical (unpaired) electrons. The van der Waals surface area contributed by atoms with E-state index in [0.29, 0.717) is 33.8 Å². The quantitative estimate of drug-likeness (QED) is 0.401. The number of pyridine rings is 2. The maximum Gasteiger partial charge on any atom is 0.339 e. The van der Waals surface area contributed by atoms with E-state index in [1.807, 2.05) is 6.92 Å². The molecule has 0 spiro atoms. The molecule has 5 rings (SSSR count). The molecule has 35 heavy (non-hydrogen) atoms. The Morgan fingerprint density at radius 1 is 1.11 bits per heavy atom. The van der Waals surface area contributed by atoms with Gasteiger partial charge >= 0.3 is 5.63 Å². The molecule has 1 aliphatic rings. The number of Topliss-reactive ketones (excluding diaryl/α,β-unsaturated/α-hetero) is 1. The van der Waals surface area contributed by atoms with Gasteiger partial charge in [0.25, 0.3) is 5.56 Å². The molecule has 0 saturated heterocycles. The number of hydrogen-bond donors (Lipinski definition) is 0. The Labute approximate surface area is 201 Å². The van der Waals surface area contributed by atoms with Crippen molar-refractivity contribution in [3.63, 3.8) is 0 Å². The van der Waals surface area contributed by atoms with Crippen molar-refractivity contribution in [2.75, 3.05) is 0 Å². The van der Waals surface area contributed by atoms with Gasteiger partial charge in [0.05, 0.1) is 16.6 Å². The van der Waals surface area contributed by atoms with Gasteiger partial charge in [-0.1, -0.05) is 24.3 Å². The molecule has 0 N–H and O–H groups in total. The van der Waals surface area contributed by atoms with Crippen molar-refractivity contribution in [1.82, 2.24) is 9.55 Å². The molecule has 178 valence electrons. The summed E-state index contributed by atoms with van der Waals surface area (Å²) in [6, 6.07) is 11.7. The highest BCUT2D eigenvalue weighted by Crippen LogP contribution is 2.39. The van der Waals surface area contributed by atoms with Crippen LogP contribution in [0.15, 0.2) is 56.5 Å². The van der Waals surface area contributed by atoms with Crippen LogP contribution in [0.4, 0.5) is 4.39 Å². The average Bonchev–Trinajstić information content (AvgIpc) is 3.63. The number of fused-ring (bicyclic) bond motifs is 1. The van der Waals surface area contributed by atoms with Gasteiger partial charge in [0, 0.05) is 35.8 Å². The van der Waals surface area contributed by atoms with E-state index in [9.17, 15) is 18.8 Å². The topological polar surface area (TPSA) is 82.2 Å². The lowest BCUT2D eigenvalue weighted by Crippen LogP contribution is -2.26. The third-order valence-corrected chi connectivity index (χ3v) is 6.60. The summed E-state index contributed by atoms with van der Waals surface area (Å²) in [7, 11) is 0. The van der Waals surface area contributed by atoms with E-state index in [-0.39, 0.29) is 46.8 Å². The molecule has 1 saturated carbocycles. The SMILES string of the molecule is CC(=O)Cc1cccc(-c2c(C)n(C3CC3)c(=O)c3c(Cc4ccccc4F)c(C)c(=O)oc23)n1. The van der Waals surface area contributed by atoms with E-state index < -0.39 is 11.4 Å². The molecule has 6 nitrogen and oxygen atoms in total. The second-order valence-corrected chi connectivity index (χ2v) is 9.23. The van der Waals surface area contributed by atoms with E-state index in [1.54, 1.807) is 47.9 Å². The number of hydrogen-bond acceptors (Lipinski definition) is 5. The Morgan fingerprint density at radius 3 is 2.54 bits per heavy atom. The molecule has 0 unspecified atom stereocenters. The van der Waals surface area contributed by atoms with Crippen LogP contribution in [0.25, 0.3) is 22.2 Å². The zero-order valence-corrected chi connectivity index (χ0v) is 19.9. The monoisotopic (exact) mass is 472 g/mol. The fraction of sp³-hybridized carbons (Fsp3) is 0.286. The molecule has 1 aliphatic carbocycles. The first kappa shape index (κ1) is 22.9. The van der Waals surface area contributed by atoms with Crippen molar-refractivity contribution in [2.24, 2.45) is 0 Å². The molecule has 4 aromatic rings. The number of carbonyl (C=O) groups excluding carboxylic acids is 1. The van der Waals surface area contributed by atoms with Gasteiger partial charge in [-0.25, -0.2) is 9.18 Å². The van der Waals surface area contributed by atoms with Crippen molar-refractivity contribution in [1.29, 1.82) is 0 Å². The molecular formula is C28H25FN2O4. The number of benzene rings is 1. The Kier molecular flexibility index (Phi) is 5.71. The van der Waals surface area contributed by atoms with Gasteiger partial charge in [0.2, 0.25) is 0 Å². The van der Waals surface area contributed by atoms with Crippen molar-refractivity contribution in [3.8, 4) is 11.3 Å². The van der Waals surface area contributed by atoms with Crippen molar-refractivity contribution in [3.05, 3.63) is 97.1 Å². The summed E-state index contributed by atoms with van der Waals surface area (Å²) in [5, 5.41) is 0.275. The summed E-state index contributed by atoms with van der Waals surface area (Å²) >= 11 is 0. The van der Waals surface area contributed by atoms with Crippen LogP contribution in [0, 0.1) is 19.7 Å². The minimum absolute atomic E-state index is 0.0199. The average molecular weight is 473 g/mol. The van der Waals surface area contributed by atoms with Gasteiger partial charge in [-0.3, -0.25) is 14.6 Å².